The van der Waals surface area contributed by atoms with Crippen molar-refractivity contribution in [1.82, 2.24) is 10.2 Å². The van der Waals surface area contributed by atoms with Gasteiger partial charge in [0, 0.05) is 19.1 Å². The van der Waals surface area contributed by atoms with E-state index in [1.54, 1.807) is 0 Å². The number of rotatable bonds is 3. The fourth-order valence-electron chi connectivity index (χ4n) is 3.54. The molecule has 1 aliphatic carbocycles. The number of likely N-dealkylation sites (tertiary alicyclic amines) is 1. The largest absolute Gasteiger partial charge is 0.481 e. The third-order valence-electron chi connectivity index (χ3n) is 5.10. The summed E-state index contributed by atoms with van der Waals surface area (Å²) in [5, 5.41) is 12.4. The van der Waals surface area contributed by atoms with Crippen molar-refractivity contribution in [2.75, 3.05) is 13.1 Å². The van der Waals surface area contributed by atoms with Gasteiger partial charge in [-0.2, -0.15) is 0 Å². The number of carboxylic acid groups (broad SMARTS) is 1. The van der Waals surface area contributed by atoms with Gasteiger partial charge in [-0.1, -0.05) is 33.1 Å². The number of carbonyl (C=O) groups excluding carboxylic acids is 1. The van der Waals surface area contributed by atoms with Crippen molar-refractivity contribution in [1.29, 1.82) is 0 Å². The van der Waals surface area contributed by atoms with Gasteiger partial charge in [0.1, 0.15) is 0 Å². The Morgan fingerprint density at radius 2 is 1.86 bits per heavy atom. The maximum atomic E-state index is 12.4. The highest BCUT2D eigenvalue weighted by atomic mass is 16.4. The van der Waals surface area contributed by atoms with Crippen LogP contribution in [-0.2, 0) is 4.79 Å². The lowest BCUT2D eigenvalue weighted by Crippen LogP contribution is -2.48. The fraction of sp³-hybridized carbons (Fsp3) is 0.875. The summed E-state index contributed by atoms with van der Waals surface area (Å²) >= 11 is 0. The third-order valence-corrected chi connectivity index (χ3v) is 5.10. The lowest BCUT2D eigenvalue weighted by Gasteiger charge is -2.26. The van der Waals surface area contributed by atoms with E-state index in [2.05, 4.69) is 19.2 Å². The van der Waals surface area contributed by atoms with Crippen LogP contribution in [0.2, 0.25) is 0 Å². The number of carbonyl (C=O) groups is 2. The third kappa shape index (κ3) is 4.11. The van der Waals surface area contributed by atoms with Gasteiger partial charge >= 0.3 is 12.0 Å². The molecular weight excluding hydrogens is 268 g/mol. The first kappa shape index (κ1) is 16.1. The van der Waals surface area contributed by atoms with Crippen molar-refractivity contribution >= 4 is 12.0 Å². The first-order valence-electron chi connectivity index (χ1n) is 8.27. The zero-order valence-electron chi connectivity index (χ0n) is 13.2. The van der Waals surface area contributed by atoms with Crippen LogP contribution >= 0.6 is 0 Å². The topological polar surface area (TPSA) is 69.6 Å². The molecule has 3 unspecified atom stereocenters. The van der Waals surface area contributed by atoms with Gasteiger partial charge in [-0.05, 0) is 31.1 Å². The molecule has 21 heavy (non-hydrogen) atoms. The van der Waals surface area contributed by atoms with E-state index in [4.69, 9.17) is 0 Å². The van der Waals surface area contributed by atoms with Gasteiger partial charge in [-0.3, -0.25) is 4.79 Å². The molecule has 1 saturated carbocycles. The molecule has 2 amide bonds. The van der Waals surface area contributed by atoms with Crippen molar-refractivity contribution in [2.24, 2.45) is 17.8 Å². The number of nitrogens with zero attached hydrogens (tertiary/aromatic N) is 1. The van der Waals surface area contributed by atoms with Crippen molar-refractivity contribution in [2.45, 2.75) is 58.4 Å². The van der Waals surface area contributed by atoms with Gasteiger partial charge in [0.2, 0.25) is 0 Å². The molecule has 0 aromatic heterocycles. The summed E-state index contributed by atoms with van der Waals surface area (Å²) in [6, 6.07) is -0.285. The van der Waals surface area contributed by atoms with Gasteiger partial charge < -0.3 is 15.3 Å². The normalized spacial score (nSPS) is 30.2. The quantitative estimate of drug-likeness (QED) is 0.787. The number of aliphatic carboxylic acids is 1. The van der Waals surface area contributed by atoms with E-state index >= 15 is 0 Å². The summed E-state index contributed by atoms with van der Waals surface area (Å²) in [4.78, 5) is 25.6. The van der Waals surface area contributed by atoms with Crippen molar-refractivity contribution in [3.63, 3.8) is 0 Å². The molecule has 2 aliphatic rings. The van der Waals surface area contributed by atoms with Gasteiger partial charge in [0.15, 0.2) is 0 Å². The van der Waals surface area contributed by atoms with Crippen LogP contribution in [-0.4, -0.2) is 41.1 Å². The monoisotopic (exact) mass is 296 g/mol. The summed E-state index contributed by atoms with van der Waals surface area (Å²) in [5.41, 5.74) is 0. The summed E-state index contributed by atoms with van der Waals surface area (Å²) < 4.78 is 0. The van der Waals surface area contributed by atoms with E-state index in [0.717, 1.165) is 45.2 Å². The molecule has 1 saturated heterocycles. The minimum Gasteiger partial charge on any atom is -0.481 e. The molecule has 2 rings (SSSR count). The minimum absolute atomic E-state index is 0.0729. The van der Waals surface area contributed by atoms with Crippen LogP contribution in [0.3, 0.4) is 0 Å². The Morgan fingerprint density at radius 3 is 2.48 bits per heavy atom. The van der Waals surface area contributed by atoms with E-state index in [1.807, 2.05) is 4.90 Å². The average Bonchev–Trinajstić information content (AvgIpc) is 2.81. The Kier molecular flexibility index (Phi) is 5.48. The maximum absolute atomic E-state index is 12.4. The average molecular weight is 296 g/mol. The highest BCUT2D eigenvalue weighted by Gasteiger charge is 2.33. The molecule has 5 heteroatoms. The van der Waals surface area contributed by atoms with E-state index < -0.39 is 11.9 Å². The van der Waals surface area contributed by atoms with Crippen LogP contribution in [0, 0.1) is 17.8 Å². The Hall–Kier alpha value is -1.26. The summed E-state index contributed by atoms with van der Waals surface area (Å²) in [6.07, 6.45) is 5.53. The molecule has 0 aromatic rings. The number of amides is 2. The summed E-state index contributed by atoms with van der Waals surface area (Å²) in [7, 11) is 0. The standard InChI is InChI=1S/C16H28N2O3/c1-11(2)12-8-9-18(10-12)16(21)17-14-7-5-3-4-6-13(14)15(19)20/h11-14H,3-10H2,1-2H3,(H,17,21)(H,19,20). The molecule has 0 aromatic carbocycles. The van der Waals surface area contributed by atoms with E-state index in [1.165, 1.54) is 0 Å². The number of nitrogens with one attached hydrogen (secondary N) is 1. The molecule has 2 N–H and O–H groups in total. The molecule has 1 heterocycles. The zero-order chi connectivity index (χ0) is 15.4. The van der Waals surface area contributed by atoms with Gasteiger partial charge in [-0.15, -0.1) is 0 Å². The molecule has 3 atom stereocenters. The van der Waals surface area contributed by atoms with Crippen LogP contribution in [0.25, 0.3) is 0 Å². The molecule has 5 nitrogen and oxygen atoms in total. The fourth-order valence-corrected chi connectivity index (χ4v) is 3.54. The second kappa shape index (κ2) is 7.14. The van der Waals surface area contributed by atoms with Crippen LogP contribution in [0.4, 0.5) is 4.79 Å². The number of carboxylic acids is 1. The highest BCUT2D eigenvalue weighted by Crippen LogP contribution is 2.26. The number of urea groups is 1. The molecule has 0 bridgehead atoms. The van der Waals surface area contributed by atoms with Crippen LogP contribution < -0.4 is 5.32 Å². The molecule has 0 radical (unpaired) electrons. The Labute approximate surface area is 127 Å². The van der Waals surface area contributed by atoms with Gasteiger partial charge in [0.05, 0.1) is 5.92 Å². The highest BCUT2D eigenvalue weighted by molar-refractivity contribution is 5.77. The SMILES string of the molecule is CC(C)C1CCN(C(=O)NC2CCCCCC2C(=O)O)C1. The molecule has 2 fully saturated rings. The van der Waals surface area contributed by atoms with Crippen LogP contribution in [0.5, 0.6) is 0 Å². The Bertz CT molecular complexity index is 384. The molecular formula is C16H28N2O3. The maximum Gasteiger partial charge on any atom is 0.317 e. The Morgan fingerprint density at radius 1 is 1.14 bits per heavy atom. The van der Waals surface area contributed by atoms with Crippen molar-refractivity contribution < 1.29 is 14.7 Å². The van der Waals surface area contributed by atoms with E-state index in [0.29, 0.717) is 18.3 Å². The second-order valence-corrected chi connectivity index (χ2v) is 6.88. The van der Waals surface area contributed by atoms with Crippen molar-refractivity contribution in [3.05, 3.63) is 0 Å². The Balaban J connectivity index is 1.92. The molecule has 0 spiro atoms. The van der Waals surface area contributed by atoms with E-state index in [9.17, 15) is 14.7 Å². The first-order chi connectivity index (χ1) is 9.99. The number of hydrogen-bond donors (Lipinski definition) is 2. The number of hydrogen-bond acceptors (Lipinski definition) is 2. The van der Waals surface area contributed by atoms with Crippen LogP contribution in [0.1, 0.15) is 52.4 Å². The van der Waals surface area contributed by atoms with Crippen molar-refractivity contribution in [3.8, 4) is 0 Å². The molecule has 1 aliphatic heterocycles. The molecule has 120 valence electrons. The second-order valence-electron chi connectivity index (χ2n) is 6.88. The zero-order valence-corrected chi connectivity index (χ0v) is 13.2. The summed E-state index contributed by atoms with van der Waals surface area (Å²) in [5.74, 6) is -0.0452. The lowest BCUT2D eigenvalue weighted by molar-refractivity contribution is -0.142. The smallest absolute Gasteiger partial charge is 0.317 e. The predicted molar refractivity (Wildman–Crippen MR) is 81.0 cm³/mol. The van der Waals surface area contributed by atoms with Gasteiger partial charge in [0.25, 0.3) is 0 Å². The van der Waals surface area contributed by atoms with E-state index in [-0.39, 0.29) is 12.1 Å². The minimum atomic E-state index is -0.774. The summed E-state index contributed by atoms with van der Waals surface area (Å²) in [6.45, 7) is 5.97. The van der Waals surface area contributed by atoms with Gasteiger partial charge in [-0.25, -0.2) is 4.79 Å². The first-order valence-corrected chi connectivity index (χ1v) is 8.27. The lowest BCUT2D eigenvalue weighted by atomic mass is 9.95. The predicted octanol–water partition coefficient (Wildman–Crippen LogP) is 2.71. The van der Waals surface area contributed by atoms with Crippen LogP contribution in [0.15, 0.2) is 0 Å².